The normalized spacial score (nSPS) is 11.8. The van der Waals surface area contributed by atoms with Gasteiger partial charge in [0.05, 0.1) is 6.04 Å². The Balaban J connectivity index is 2.27. The van der Waals surface area contributed by atoms with Crippen LogP contribution < -0.4 is 10.1 Å². The molecule has 3 aromatic rings. The van der Waals surface area contributed by atoms with Gasteiger partial charge in [0.25, 0.3) is 0 Å². The third kappa shape index (κ3) is 3.69. The average molecular weight is 333 g/mol. The van der Waals surface area contributed by atoms with Crippen molar-refractivity contribution in [3.05, 3.63) is 77.9 Å². The summed E-state index contributed by atoms with van der Waals surface area (Å²) in [4.78, 5) is 23.4. The van der Waals surface area contributed by atoms with Gasteiger partial charge in [0.2, 0.25) is 5.91 Å². The molecule has 4 nitrogen and oxygen atoms in total. The molecular formula is C21H19NO3. The number of rotatable bonds is 4. The van der Waals surface area contributed by atoms with Crippen LogP contribution in [-0.2, 0) is 9.59 Å². The Kier molecular flexibility index (Phi) is 4.80. The van der Waals surface area contributed by atoms with Crippen LogP contribution in [0.1, 0.15) is 31.0 Å². The van der Waals surface area contributed by atoms with Crippen LogP contribution in [0.3, 0.4) is 0 Å². The Morgan fingerprint density at radius 3 is 2.24 bits per heavy atom. The molecule has 0 aliphatic carbocycles. The molecule has 4 heteroatoms. The summed E-state index contributed by atoms with van der Waals surface area (Å²) >= 11 is 0. The molecule has 0 aliphatic heterocycles. The van der Waals surface area contributed by atoms with Crippen LogP contribution in [0, 0.1) is 0 Å². The van der Waals surface area contributed by atoms with Gasteiger partial charge in [0.15, 0.2) is 0 Å². The lowest BCUT2D eigenvalue weighted by Crippen LogP contribution is -2.27. The SMILES string of the molecule is CC(=O)NC(c1ccccc1)c1c(OC(C)=O)ccc2ccccc12. The number of hydrogen-bond acceptors (Lipinski definition) is 3. The fourth-order valence-electron chi connectivity index (χ4n) is 2.99. The second kappa shape index (κ2) is 7.18. The number of fused-ring (bicyclic) bond motifs is 1. The molecule has 0 spiro atoms. The molecule has 0 bridgehead atoms. The fraction of sp³-hybridized carbons (Fsp3) is 0.143. The van der Waals surface area contributed by atoms with E-state index in [2.05, 4.69) is 5.32 Å². The number of benzene rings is 3. The highest BCUT2D eigenvalue weighted by Gasteiger charge is 2.22. The second-order valence-electron chi connectivity index (χ2n) is 5.84. The molecular weight excluding hydrogens is 314 g/mol. The summed E-state index contributed by atoms with van der Waals surface area (Å²) in [6.07, 6.45) is 0. The summed E-state index contributed by atoms with van der Waals surface area (Å²) in [5, 5.41) is 4.94. The molecule has 0 fully saturated rings. The zero-order valence-corrected chi connectivity index (χ0v) is 14.2. The minimum atomic E-state index is -0.417. The maximum Gasteiger partial charge on any atom is 0.308 e. The summed E-state index contributed by atoms with van der Waals surface area (Å²) in [6, 6.07) is 20.8. The van der Waals surface area contributed by atoms with E-state index in [-0.39, 0.29) is 5.91 Å². The molecule has 3 aromatic carbocycles. The number of carbonyl (C=O) groups is 2. The second-order valence-corrected chi connectivity index (χ2v) is 5.84. The first-order valence-electron chi connectivity index (χ1n) is 8.08. The molecule has 1 N–H and O–H groups in total. The van der Waals surface area contributed by atoms with Crippen molar-refractivity contribution in [3.63, 3.8) is 0 Å². The molecule has 0 saturated heterocycles. The maximum absolute atomic E-state index is 11.9. The van der Waals surface area contributed by atoms with E-state index in [1.54, 1.807) is 6.07 Å². The standard InChI is InChI=1S/C21H19NO3/c1-14(23)22-21(17-9-4-3-5-10-17)20-18-11-7-6-8-16(18)12-13-19(20)25-15(2)24/h3-13,21H,1-2H3,(H,22,23). The fourth-order valence-corrected chi connectivity index (χ4v) is 2.99. The molecule has 0 radical (unpaired) electrons. The molecule has 126 valence electrons. The summed E-state index contributed by atoms with van der Waals surface area (Å²) in [5.74, 6) is -0.101. The molecule has 25 heavy (non-hydrogen) atoms. The van der Waals surface area contributed by atoms with Gasteiger partial charge in [-0.3, -0.25) is 9.59 Å². The molecule has 0 heterocycles. The van der Waals surface area contributed by atoms with Gasteiger partial charge in [-0.15, -0.1) is 0 Å². The first-order valence-corrected chi connectivity index (χ1v) is 8.08. The Labute approximate surface area is 146 Å². The number of esters is 1. The summed E-state index contributed by atoms with van der Waals surface area (Å²) in [7, 11) is 0. The van der Waals surface area contributed by atoms with Gasteiger partial charge < -0.3 is 10.1 Å². The Morgan fingerprint density at radius 1 is 0.880 bits per heavy atom. The van der Waals surface area contributed by atoms with E-state index in [1.165, 1.54) is 13.8 Å². The maximum atomic E-state index is 11.9. The van der Waals surface area contributed by atoms with Crippen LogP contribution in [0.15, 0.2) is 66.7 Å². The molecule has 0 saturated carbocycles. The first kappa shape index (κ1) is 16.7. The lowest BCUT2D eigenvalue weighted by atomic mass is 9.92. The average Bonchev–Trinajstić information content (AvgIpc) is 2.60. The minimum Gasteiger partial charge on any atom is -0.426 e. The van der Waals surface area contributed by atoms with Crippen molar-refractivity contribution < 1.29 is 14.3 Å². The Morgan fingerprint density at radius 2 is 1.56 bits per heavy atom. The molecule has 1 amide bonds. The number of nitrogens with one attached hydrogen (secondary N) is 1. The summed E-state index contributed by atoms with van der Waals surface area (Å²) < 4.78 is 5.45. The summed E-state index contributed by atoms with van der Waals surface area (Å²) in [5.41, 5.74) is 1.69. The lowest BCUT2D eigenvalue weighted by molar-refractivity contribution is -0.131. The van der Waals surface area contributed by atoms with Crippen LogP contribution in [-0.4, -0.2) is 11.9 Å². The highest BCUT2D eigenvalue weighted by atomic mass is 16.5. The number of hydrogen-bond donors (Lipinski definition) is 1. The van der Waals surface area contributed by atoms with Crippen LogP contribution in [0.4, 0.5) is 0 Å². The van der Waals surface area contributed by atoms with Gasteiger partial charge in [-0.2, -0.15) is 0 Å². The van der Waals surface area contributed by atoms with E-state index < -0.39 is 12.0 Å². The predicted octanol–water partition coefficient (Wildman–Crippen LogP) is 3.99. The molecule has 1 atom stereocenters. The van der Waals surface area contributed by atoms with Crippen molar-refractivity contribution in [3.8, 4) is 5.75 Å². The van der Waals surface area contributed by atoms with Crippen molar-refractivity contribution in [1.82, 2.24) is 5.32 Å². The highest BCUT2D eigenvalue weighted by Crippen LogP contribution is 2.36. The summed E-state index contributed by atoms with van der Waals surface area (Å²) in [6.45, 7) is 2.85. The van der Waals surface area contributed by atoms with Crippen LogP contribution in [0.25, 0.3) is 10.8 Å². The Bertz CT molecular complexity index is 919. The van der Waals surface area contributed by atoms with Gasteiger partial charge >= 0.3 is 5.97 Å². The van der Waals surface area contributed by atoms with Gasteiger partial charge in [-0.25, -0.2) is 0 Å². The van der Waals surface area contributed by atoms with Crippen LogP contribution in [0.2, 0.25) is 0 Å². The van der Waals surface area contributed by atoms with Crippen molar-refractivity contribution in [2.24, 2.45) is 0 Å². The predicted molar refractivity (Wildman–Crippen MR) is 97.4 cm³/mol. The van der Waals surface area contributed by atoms with Gasteiger partial charge in [0, 0.05) is 19.4 Å². The molecule has 0 aromatic heterocycles. The molecule has 1 unspecified atom stereocenters. The van der Waals surface area contributed by atoms with E-state index in [4.69, 9.17) is 4.74 Å². The third-order valence-electron chi connectivity index (χ3n) is 3.95. The molecule has 0 aliphatic rings. The van der Waals surface area contributed by atoms with E-state index >= 15 is 0 Å². The van der Waals surface area contributed by atoms with Gasteiger partial charge in [0.1, 0.15) is 5.75 Å². The van der Waals surface area contributed by atoms with Crippen molar-refractivity contribution >= 4 is 22.6 Å². The quantitative estimate of drug-likeness (QED) is 0.580. The third-order valence-corrected chi connectivity index (χ3v) is 3.95. The first-order chi connectivity index (χ1) is 12.1. The largest absolute Gasteiger partial charge is 0.426 e. The monoisotopic (exact) mass is 333 g/mol. The van der Waals surface area contributed by atoms with Crippen molar-refractivity contribution in [2.45, 2.75) is 19.9 Å². The van der Waals surface area contributed by atoms with E-state index in [1.807, 2.05) is 60.7 Å². The van der Waals surface area contributed by atoms with Crippen molar-refractivity contribution in [1.29, 1.82) is 0 Å². The number of ether oxygens (including phenoxy) is 1. The smallest absolute Gasteiger partial charge is 0.308 e. The van der Waals surface area contributed by atoms with E-state index in [9.17, 15) is 9.59 Å². The van der Waals surface area contributed by atoms with E-state index in [0.29, 0.717) is 5.75 Å². The number of carbonyl (C=O) groups excluding carboxylic acids is 2. The van der Waals surface area contributed by atoms with Gasteiger partial charge in [-0.1, -0.05) is 60.7 Å². The van der Waals surface area contributed by atoms with Gasteiger partial charge in [-0.05, 0) is 22.4 Å². The van der Waals surface area contributed by atoms with Crippen LogP contribution in [0.5, 0.6) is 5.75 Å². The zero-order chi connectivity index (χ0) is 17.8. The lowest BCUT2D eigenvalue weighted by Gasteiger charge is -2.23. The highest BCUT2D eigenvalue weighted by molar-refractivity contribution is 5.90. The molecule has 3 rings (SSSR count). The number of amides is 1. The van der Waals surface area contributed by atoms with Crippen molar-refractivity contribution in [2.75, 3.05) is 0 Å². The van der Waals surface area contributed by atoms with E-state index in [0.717, 1.165) is 21.9 Å². The Hall–Kier alpha value is -3.14. The van der Waals surface area contributed by atoms with Crippen LogP contribution >= 0.6 is 0 Å². The minimum absolute atomic E-state index is 0.157. The topological polar surface area (TPSA) is 55.4 Å². The zero-order valence-electron chi connectivity index (χ0n) is 14.2.